The van der Waals surface area contributed by atoms with Gasteiger partial charge in [-0.25, -0.2) is 4.79 Å². The molecule has 0 aliphatic rings. The number of carbonyl (C=O) groups excluding carboxylic acids is 1. The van der Waals surface area contributed by atoms with Crippen LogP contribution in [0.3, 0.4) is 0 Å². The summed E-state index contributed by atoms with van der Waals surface area (Å²) in [6.45, 7) is 5.66. The highest BCUT2D eigenvalue weighted by atomic mass is 35.5. The van der Waals surface area contributed by atoms with Crippen molar-refractivity contribution in [2.24, 2.45) is 0 Å². The predicted octanol–water partition coefficient (Wildman–Crippen LogP) is 3.96. The first-order valence-corrected chi connectivity index (χ1v) is 6.98. The molecule has 0 radical (unpaired) electrons. The number of anilines is 1. The Balaban J connectivity index is 0.000000235. The zero-order valence-electron chi connectivity index (χ0n) is 12.7. The minimum Gasteiger partial charge on any atom is -0.478 e. The Labute approximate surface area is 134 Å². The Morgan fingerprint density at radius 1 is 1.05 bits per heavy atom. The van der Waals surface area contributed by atoms with Crippen molar-refractivity contribution < 1.29 is 14.7 Å². The van der Waals surface area contributed by atoms with Crippen molar-refractivity contribution in [1.29, 1.82) is 0 Å². The number of hydrogen-bond donors (Lipinski definition) is 2. The van der Waals surface area contributed by atoms with Crippen LogP contribution in [0.1, 0.15) is 37.4 Å². The van der Waals surface area contributed by atoms with E-state index < -0.39 is 11.2 Å². The van der Waals surface area contributed by atoms with E-state index in [-0.39, 0.29) is 5.56 Å². The Bertz CT molecular complexity index is 697. The van der Waals surface area contributed by atoms with E-state index in [4.69, 9.17) is 22.4 Å². The predicted molar refractivity (Wildman–Crippen MR) is 88.7 cm³/mol. The Hall–Kier alpha value is -2.33. The molecule has 0 heterocycles. The first-order chi connectivity index (χ1) is 10.3. The van der Waals surface area contributed by atoms with Crippen molar-refractivity contribution in [3.8, 4) is 0 Å². The zero-order valence-corrected chi connectivity index (χ0v) is 13.4. The molecule has 3 N–H and O–H groups in total. The van der Waals surface area contributed by atoms with Crippen molar-refractivity contribution >= 4 is 28.5 Å². The third-order valence-corrected chi connectivity index (χ3v) is 3.66. The fourth-order valence-electron chi connectivity index (χ4n) is 1.85. The highest BCUT2D eigenvalue weighted by molar-refractivity contribution is 6.67. The molecule has 0 aromatic heterocycles. The van der Waals surface area contributed by atoms with Gasteiger partial charge in [0.25, 0.3) is 5.24 Å². The van der Waals surface area contributed by atoms with Crippen molar-refractivity contribution in [2.75, 3.05) is 5.73 Å². The van der Waals surface area contributed by atoms with E-state index in [1.165, 1.54) is 0 Å². The fourth-order valence-corrected chi connectivity index (χ4v) is 1.97. The highest BCUT2D eigenvalue weighted by Crippen LogP contribution is 2.23. The molecule has 0 aliphatic heterocycles. The van der Waals surface area contributed by atoms with Gasteiger partial charge in [-0.1, -0.05) is 30.3 Å². The smallest absolute Gasteiger partial charge is 0.337 e. The molecule has 22 heavy (non-hydrogen) atoms. The number of aryl methyl sites for hydroxylation is 1. The maximum atomic E-state index is 10.8. The first kappa shape index (κ1) is 17.7. The standard InChI is InChI=1S/C10H13NO2.C7H5ClO/c1-5-4-8(10(12)13)9(11)7(3)6(5)2;8-7(9)6-4-2-1-3-5-6/h4H,11H2,1-3H3,(H,12,13);1-5H. The molecule has 0 atom stereocenters. The van der Waals surface area contributed by atoms with Gasteiger partial charge < -0.3 is 10.8 Å². The van der Waals surface area contributed by atoms with Gasteiger partial charge >= 0.3 is 5.97 Å². The number of nitrogen functional groups attached to an aromatic ring is 1. The highest BCUT2D eigenvalue weighted by Gasteiger charge is 2.12. The number of aromatic carboxylic acids is 1. The second-order valence-corrected chi connectivity index (χ2v) is 5.19. The summed E-state index contributed by atoms with van der Waals surface area (Å²) in [4.78, 5) is 21.2. The van der Waals surface area contributed by atoms with Gasteiger partial charge in [-0.3, -0.25) is 4.79 Å². The molecule has 0 saturated heterocycles. The Morgan fingerprint density at radius 3 is 2.00 bits per heavy atom. The lowest BCUT2D eigenvalue weighted by atomic mass is 9.98. The van der Waals surface area contributed by atoms with Crippen LogP contribution < -0.4 is 5.73 Å². The third-order valence-electron chi connectivity index (χ3n) is 3.44. The molecule has 0 saturated carbocycles. The van der Waals surface area contributed by atoms with E-state index in [0.29, 0.717) is 11.3 Å². The molecule has 2 aromatic carbocycles. The lowest BCUT2D eigenvalue weighted by Gasteiger charge is -2.10. The third kappa shape index (κ3) is 4.33. The van der Waals surface area contributed by atoms with Gasteiger partial charge in [0.15, 0.2) is 0 Å². The summed E-state index contributed by atoms with van der Waals surface area (Å²) < 4.78 is 0. The van der Waals surface area contributed by atoms with E-state index in [9.17, 15) is 9.59 Å². The summed E-state index contributed by atoms with van der Waals surface area (Å²) in [5, 5.41) is 8.42. The van der Waals surface area contributed by atoms with Crippen LogP contribution in [0.5, 0.6) is 0 Å². The quantitative estimate of drug-likeness (QED) is 0.648. The fraction of sp³-hybridized carbons (Fsp3) is 0.176. The Morgan fingerprint density at radius 2 is 1.59 bits per heavy atom. The summed E-state index contributed by atoms with van der Waals surface area (Å²) >= 11 is 5.16. The summed E-state index contributed by atoms with van der Waals surface area (Å²) in [7, 11) is 0. The maximum absolute atomic E-state index is 10.8. The summed E-state index contributed by atoms with van der Waals surface area (Å²) in [5.74, 6) is -0.969. The molecule has 2 rings (SSSR count). The SMILES string of the molecule is Cc1cc(C(=O)O)c(N)c(C)c1C.O=C(Cl)c1ccccc1. The number of carboxylic acids is 1. The summed E-state index contributed by atoms with van der Waals surface area (Å²) in [5.41, 5.74) is 9.66. The lowest BCUT2D eigenvalue weighted by Crippen LogP contribution is -2.06. The van der Waals surface area contributed by atoms with Gasteiger partial charge in [-0.05, 0) is 55.1 Å². The monoisotopic (exact) mass is 319 g/mol. The molecular formula is C17H18ClNO3. The lowest BCUT2D eigenvalue weighted by molar-refractivity contribution is 0.0697. The number of nitrogens with two attached hydrogens (primary N) is 1. The van der Waals surface area contributed by atoms with Crippen LogP contribution in [0, 0.1) is 20.8 Å². The van der Waals surface area contributed by atoms with Gasteiger partial charge in [0.2, 0.25) is 0 Å². The minimum atomic E-state index is -0.969. The molecule has 4 nitrogen and oxygen atoms in total. The number of benzene rings is 2. The number of carboxylic acid groups (broad SMARTS) is 1. The van der Waals surface area contributed by atoms with Crippen molar-refractivity contribution in [3.05, 3.63) is 64.2 Å². The molecule has 0 amide bonds. The van der Waals surface area contributed by atoms with E-state index in [2.05, 4.69) is 0 Å². The van der Waals surface area contributed by atoms with Gasteiger partial charge in [0.1, 0.15) is 0 Å². The molecule has 0 spiro atoms. The minimum absolute atomic E-state index is 0.195. The number of halogens is 1. The van der Waals surface area contributed by atoms with Crippen molar-refractivity contribution in [2.45, 2.75) is 20.8 Å². The van der Waals surface area contributed by atoms with Gasteiger partial charge in [0.05, 0.1) is 5.56 Å². The topological polar surface area (TPSA) is 80.4 Å². The van der Waals surface area contributed by atoms with Crippen LogP contribution in [0.2, 0.25) is 0 Å². The number of rotatable bonds is 2. The second-order valence-electron chi connectivity index (χ2n) is 4.85. The maximum Gasteiger partial charge on any atom is 0.337 e. The average molecular weight is 320 g/mol. The van der Waals surface area contributed by atoms with Crippen molar-refractivity contribution in [1.82, 2.24) is 0 Å². The molecule has 116 valence electrons. The van der Waals surface area contributed by atoms with Crippen LogP contribution >= 0.6 is 11.6 Å². The van der Waals surface area contributed by atoms with Crippen LogP contribution in [-0.2, 0) is 0 Å². The Kier molecular flexibility index (Phi) is 6.13. The molecule has 5 heteroatoms. The van der Waals surface area contributed by atoms with Gasteiger partial charge in [0, 0.05) is 11.3 Å². The van der Waals surface area contributed by atoms with E-state index in [0.717, 1.165) is 16.7 Å². The molecule has 2 aromatic rings. The largest absolute Gasteiger partial charge is 0.478 e. The van der Waals surface area contributed by atoms with Crippen LogP contribution in [-0.4, -0.2) is 16.3 Å². The van der Waals surface area contributed by atoms with Gasteiger partial charge in [-0.15, -0.1) is 0 Å². The molecular weight excluding hydrogens is 302 g/mol. The van der Waals surface area contributed by atoms with Crippen LogP contribution in [0.25, 0.3) is 0 Å². The second kappa shape index (κ2) is 7.61. The van der Waals surface area contributed by atoms with E-state index >= 15 is 0 Å². The molecule has 0 fully saturated rings. The molecule has 0 aliphatic carbocycles. The zero-order chi connectivity index (χ0) is 16.9. The molecule has 0 bridgehead atoms. The summed E-state index contributed by atoms with van der Waals surface area (Å²) in [6.07, 6.45) is 0. The normalized spacial score (nSPS) is 9.64. The van der Waals surface area contributed by atoms with Crippen LogP contribution in [0.15, 0.2) is 36.4 Å². The van der Waals surface area contributed by atoms with E-state index in [1.807, 2.05) is 26.8 Å². The average Bonchev–Trinajstić information content (AvgIpc) is 2.50. The summed E-state index contributed by atoms with van der Waals surface area (Å²) in [6, 6.07) is 10.3. The number of hydrogen-bond acceptors (Lipinski definition) is 3. The van der Waals surface area contributed by atoms with Crippen LogP contribution in [0.4, 0.5) is 5.69 Å². The van der Waals surface area contributed by atoms with Crippen molar-refractivity contribution in [3.63, 3.8) is 0 Å². The van der Waals surface area contributed by atoms with E-state index in [1.54, 1.807) is 30.3 Å². The van der Waals surface area contributed by atoms with Gasteiger partial charge in [-0.2, -0.15) is 0 Å². The first-order valence-electron chi connectivity index (χ1n) is 6.60. The molecule has 0 unspecified atom stereocenters. The number of carbonyl (C=O) groups is 2.